The van der Waals surface area contributed by atoms with E-state index in [1.807, 2.05) is 34.7 Å². The van der Waals surface area contributed by atoms with Gasteiger partial charge in [0.1, 0.15) is 23.6 Å². The molecule has 6 atom stereocenters. The number of aromatic hydroxyl groups is 3. The molecule has 0 spiro atoms. The molecule has 0 unspecified atom stereocenters. The second-order valence-corrected chi connectivity index (χ2v) is 40.4. The number of halogens is 5. The molecular weight excluding hydrogens is 1470 g/mol. The maximum absolute atomic E-state index is 15.7. The molecule has 0 aliphatic carbocycles. The van der Waals surface area contributed by atoms with E-state index in [1.165, 1.54) is 66.3 Å². The monoisotopic (exact) mass is 1530 g/mol. The van der Waals surface area contributed by atoms with Gasteiger partial charge in [0, 0.05) is 13.5 Å². The van der Waals surface area contributed by atoms with Gasteiger partial charge >= 0.3 is 220 Å². The van der Waals surface area contributed by atoms with Crippen LogP contribution < -0.4 is 39.6 Å². The fourth-order valence-corrected chi connectivity index (χ4v) is 16.4. The molecule has 0 fully saturated rings. The second-order valence-electron chi connectivity index (χ2n) is 23.2. The van der Waals surface area contributed by atoms with Crippen molar-refractivity contribution < 1.29 is 67.8 Å². The number of benzene rings is 6. The number of rotatable bonds is 15. The molecule has 2 aliphatic heterocycles. The largest absolute Gasteiger partial charge is 0.508 e. The summed E-state index contributed by atoms with van der Waals surface area (Å²) >= 11 is 25.3. The number of carbonyl (C=O) groups is 7. The van der Waals surface area contributed by atoms with E-state index in [-0.39, 0.29) is 78.2 Å². The fourth-order valence-electron chi connectivity index (χ4n) is 10.1. The Kier molecular flexibility index (Phi) is 21.7. The number of ether oxygens (including phenoxy) is 4. The number of amides is 6. The maximum atomic E-state index is 15.7. The summed E-state index contributed by atoms with van der Waals surface area (Å²) in [5, 5.41) is 44.6. The van der Waals surface area contributed by atoms with Gasteiger partial charge < -0.3 is 45.1 Å². The number of nitrogens with one attached hydrogen (secondary N) is 6. The predicted molar refractivity (Wildman–Crippen MR) is 351 cm³/mol. The first-order chi connectivity index (χ1) is 42.3. The van der Waals surface area contributed by atoms with Crippen molar-refractivity contribution in [3.63, 3.8) is 0 Å². The van der Waals surface area contributed by atoms with Gasteiger partial charge in [-0.05, 0) is 93.4 Å². The van der Waals surface area contributed by atoms with Crippen molar-refractivity contribution in [2.75, 3.05) is 21.3 Å². The van der Waals surface area contributed by atoms with E-state index in [0.717, 1.165) is 35.0 Å². The van der Waals surface area contributed by atoms with Gasteiger partial charge in [-0.1, -0.05) is 70.7 Å². The van der Waals surface area contributed by atoms with Gasteiger partial charge in [-0.25, -0.2) is 4.79 Å². The van der Waals surface area contributed by atoms with Crippen molar-refractivity contribution in [1.82, 2.24) is 36.5 Å². The molecule has 21 nitrogen and oxygen atoms in total. The summed E-state index contributed by atoms with van der Waals surface area (Å²) in [4.78, 5) is 115. The van der Waals surface area contributed by atoms with Crippen LogP contribution in [0.25, 0.3) is 10.9 Å². The Morgan fingerprint density at radius 2 is 1.40 bits per heavy atom. The van der Waals surface area contributed by atoms with Crippen LogP contribution in [-0.2, 0) is 51.1 Å². The van der Waals surface area contributed by atoms with Crippen molar-refractivity contribution in [3.05, 3.63) is 166 Å². The molecule has 4 bridgehead atoms. The minimum Gasteiger partial charge on any atom is -0.508 e. The third-order valence-electron chi connectivity index (χ3n) is 14.6. The van der Waals surface area contributed by atoms with Crippen LogP contribution in [0.1, 0.15) is 78.3 Å². The molecule has 7 aromatic rings. The molecule has 9 rings (SSSR count). The molecule has 6 aromatic carbocycles. The van der Waals surface area contributed by atoms with Gasteiger partial charge in [0.05, 0.1) is 27.8 Å². The van der Waals surface area contributed by atoms with E-state index in [1.54, 1.807) is 51.2 Å². The number of hydrogen-bond acceptors (Lipinski definition) is 14. The first-order valence-electron chi connectivity index (χ1n) is 27.8. The van der Waals surface area contributed by atoms with Crippen molar-refractivity contribution in [2.45, 2.75) is 90.3 Å². The molecule has 474 valence electrons. The van der Waals surface area contributed by atoms with E-state index in [0.29, 0.717) is 14.7 Å². The number of methoxy groups -OCH3 is 2. The molecule has 90 heavy (non-hydrogen) atoms. The van der Waals surface area contributed by atoms with Crippen molar-refractivity contribution in [1.29, 1.82) is 0 Å². The number of H-pyrrole nitrogens is 1. The molecule has 0 radical (unpaired) electrons. The second kappa shape index (κ2) is 28.4. The Balaban J connectivity index is 1.26. The third kappa shape index (κ3) is 16.0. The number of hydrogen-bond donors (Lipinski definition) is 9. The number of fused-ring (bicyclic) bond motifs is 10. The zero-order valence-corrected chi connectivity index (χ0v) is 58.0. The number of phenolic OH excluding ortho intramolecular Hbond substituents is 3. The topological polar surface area (TPSA) is 296 Å². The number of carbonyl (C=O) groups excluding carboxylic acids is 7. The zero-order valence-electron chi connectivity index (χ0n) is 49.9. The number of aromatic nitrogens is 1. The summed E-state index contributed by atoms with van der Waals surface area (Å²) in [5.74, 6) is -6.73. The summed E-state index contributed by atoms with van der Waals surface area (Å²) in [6, 6.07) is 15.2. The van der Waals surface area contributed by atoms with Crippen LogP contribution in [0.3, 0.4) is 0 Å². The number of nitrogens with zero attached hydrogens (tertiary/aromatic N) is 1. The third-order valence-corrected chi connectivity index (χ3v) is 22.4. The minimum absolute atomic E-state index is 0.00123. The van der Waals surface area contributed by atoms with Gasteiger partial charge in [0.15, 0.2) is 29.0 Å². The Labute approximate surface area is 555 Å². The quantitative estimate of drug-likeness (QED) is 0.0262. The summed E-state index contributed by atoms with van der Waals surface area (Å²) in [5.41, 5.74) is 0.984. The van der Waals surface area contributed by atoms with Crippen LogP contribution in [0.5, 0.6) is 34.5 Å². The van der Waals surface area contributed by atoms with Crippen LogP contribution in [0, 0.1) is 3.57 Å². The van der Waals surface area contributed by atoms with Crippen LogP contribution in [0.15, 0.2) is 109 Å². The average Bonchev–Trinajstić information content (AvgIpc) is 1.40. The summed E-state index contributed by atoms with van der Waals surface area (Å²) in [6.45, 7) is 4.93. The van der Waals surface area contributed by atoms with Gasteiger partial charge in [-0.3, -0.25) is 14.4 Å². The Bertz CT molecular complexity index is 3890. The SMILES string of the molecule is COC(=O)[C@H](NC(=O)[C@@H]1Cc2ccc(cc2)Oc2cc(cc(I)c2OC)[C@@H](NC(=O)[C@H](NC(=O)[C@@H](Cc2c[nH]c3[c]([Sn]([CH3])([CH3])[CH3])cccc23)NC(=O)OC(C)(C)C)c2cc(Cl)c(O)c(Cl)c2)C(=O)N[C@H](c2cc(Cl)c(O)c(Cl)c2)C(=O)N1C)c1ccc(O)cc1. The van der Waals surface area contributed by atoms with Crippen molar-refractivity contribution >= 4 is 143 Å². The summed E-state index contributed by atoms with van der Waals surface area (Å²) in [7, 11) is 3.78. The molecule has 2 aliphatic rings. The Morgan fingerprint density at radius 3 is 1.99 bits per heavy atom. The summed E-state index contributed by atoms with van der Waals surface area (Å²) in [6.07, 6.45) is 0.423. The fraction of sp³-hybridized carbons (Fsp3) is 0.286. The predicted octanol–water partition coefficient (Wildman–Crippen LogP) is 10.3. The molecule has 0 saturated heterocycles. The van der Waals surface area contributed by atoms with Crippen LogP contribution in [0.4, 0.5) is 4.79 Å². The molecule has 0 saturated carbocycles. The zero-order chi connectivity index (χ0) is 65.8. The van der Waals surface area contributed by atoms with E-state index in [2.05, 4.69) is 52.5 Å². The normalized spacial score (nSPS) is 16.4. The van der Waals surface area contributed by atoms with Crippen LogP contribution >= 0.6 is 69.0 Å². The van der Waals surface area contributed by atoms with E-state index >= 15 is 19.2 Å². The molecule has 1 aromatic heterocycles. The number of aromatic amines is 1. The Morgan fingerprint density at radius 1 is 0.778 bits per heavy atom. The maximum Gasteiger partial charge on any atom is 0.250 e. The molecule has 9 N–H and O–H groups in total. The Hall–Kier alpha value is -7.36. The number of alkyl carbamates (subject to hydrolysis) is 1. The standard InChI is InChI=1S/C60H55Cl4IN7O14.3CH3.Sn/c1-60(2,3)86-59(82)67-43(25-33-27-66-42-10-8-7-9-36(33)42)53(76)68-46(30-20-37(61)50(74)38(62)21-30)55(78)69-47-32-24-41(65)52(83-5)45(26-32)85-35-17-11-28(12-18-35)19-44(54(77)71-49(58(81)84-6)29-13-15-34(73)16-14-29)72(4)57(80)48(70-56(47)79)31-22-39(63)51(75)40(64)23-31;;;;/h7-9,11-18,20-24,26-27,43-44,46-49,66,73-75H,19,25H2,1-6H3,(H,67,82)(H,68,76)(H,69,78)(H,70,79)(H,71,77);3*1H3;/t43-,44+,46-,47-,48-,49-;;;;/m1..../s1. The molecule has 3 heterocycles. The smallest absolute Gasteiger partial charge is 0.250 e. The first-order valence-corrected chi connectivity index (χ1v) is 40.4. The van der Waals surface area contributed by atoms with Crippen molar-refractivity contribution in [2.24, 2.45) is 0 Å². The van der Waals surface area contributed by atoms with Gasteiger partial charge in [0.25, 0.3) is 0 Å². The van der Waals surface area contributed by atoms with E-state index in [9.17, 15) is 29.7 Å². The van der Waals surface area contributed by atoms with Crippen LogP contribution in [-0.4, -0.2) is 124 Å². The first kappa shape index (κ1) is 68.5. The van der Waals surface area contributed by atoms with Gasteiger partial charge in [-0.15, -0.1) is 0 Å². The van der Waals surface area contributed by atoms with Crippen LogP contribution in [0.2, 0.25) is 34.9 Å². The number of esters is 1. The molecule has 27 heteroatoms. The van der Waals surface area contributed by atoms with Gasteiger partial charge in [0.2, 0.25) is 17.7 Å². The van der Waals surface area contributed by atoms with E-state index in [4.69, 9.17) is 65.4 Å². The molecule has 6 amide bonds. The number of phenols is 3. The average molecular weight is 1530 g/mol. The number of likely N-dealkylation sites (N-methyl/N-ethyl adjacent to an activating group) is 1. The summed E-state index contributed by atoms with van der Waals surface area (Å²) < 4.78 is 24.5. The number of para-hydroxylation sites is 1. The minimum atomic E-state index is -2.76. The van der Waals surface area contributed by atoms with Gasteiger partial charge in [-0.2, -0.15) is 0 Å². The van der Waals surface area contributed by atoms with Crippen molar-refractivity contribution in [3.8, 4) is 34.5 Å². The van der Waals surface area contributed by atoms with E-state index < -0.39 is 113 Å². The molecular formula is C63H64Cl4IN7O14Sn.